The van der Waals surface area contributed by atoms with Crippen LogP contribution in [0.2, 0.25) is 5.02 Å². The van der Waals surface area contributed by atoms with Crippen molar-refractivity contribution in [2.45, 2.75) is 25.8 Å². The highest BCUT2D eigenvalue weighted by atomic mass is 35.5. The number of halogens is 1. The van der Waals surface area contributed by atoms with Crippen molar-refractivity contribution in [1.82, 2.24) is 5.32 Å². The summed E-state index contributed by atoms with van der Waals surface area (Å²) in [7, 11) is 0. The van der Waals surface area contributed by atoms with Crippen LogP contribution in [0, 0.1) is 6.92 Å². The van der Waals surface area contributed by atoms with Crippen molar-refractivity contribution in [1.29, 1.82) is 0 Å². The first-order valence-corrected chi connectivity index (χ1v) is 5.10. The van der Waals surface area contributed by atoms with E-state index < -0.39 is 0 Å². The lowest BCUT2D eigenvalue weighted by Gasteiger charge is -2.13. The smallest absolute Gasteiger partial charge is 0.220 e. The van der Waals surface area contributed by atoms with Gasteiger partial charge in [-0.15, -0.1) is 0 Å². The lowest BCUT2D eigenvalue weighted by atomic mass is 10.0. The molecule has 1 aliphatic heterocycles. The molecular weight excluding hydrogens is 198 g/mol. The van der Waals surface area contributed by atoms with Gasteiger partial charge >= 0.3 is 0 Å². The van der Waals surface area contributed by atoms with Crippen LogP contribution in [0.15, 0.2) is 18.2 Å². The molecule has 3 heteroatoms. The van der Waals surface area contributed by atoms with E-state index in [2.05, 4.69) is 5.32 Å². The fourth-order valence-corrected chi connectivity index (χ4v) is 2.04. The minimum absolute atomic E-state index is 0.106. The van der Waals surface area contributed by atoms with Gasteiger partial charge in [-0.05, 0) is 24.5 Å². The van der Waals surface area contributed by atoms with E-state index in [1.807, 2.05) is 25.1 Å². The van der Waals surface area contributed by atoms with Crippen LogP contribution in [0.4, 0.5) is 0 Å². The molecule has 1 heterocycles. The van der Waals surface area contributed by atoms with Crippen LogP contribution >= 0.6 is 11.6 Å². The lowest BCUT2D eigenvalue weighted by molar-refractivity contribution is -0.119. The van der Waals surface area contributed by atoms with E-state index in [9.17, 15) is 4.79 Å². The quantitative estimate of drug-likeness (QED) is 0.757. The van der Waals surface area contributed by atoms with Gasteiger partial charge in [-0.25, -0.2) is 0 Å². The molecule has 1 aromatic rings. The van der Waals surface area contributed by atoms with Crippen molar-refractivity contribution in [3.63, 3.8) is 0 Å². The second kappa shape index (κ2) is 3.62. The number of hydrogen-bond donors (Lipinski definition) is 1. The normalized spacial score (nSPS) is 21.0. The molecule has 1 aromatic carbocycles. The maximum atomic E-state index is 11.1. The van der Waals surface area contributed by atoms with Crippen molar-refractivity contribution < 1.29 is 4.79 Å². The molecule has 0 aromatic heterocycles. The van der Waals surface area contributed by atoms with Gasteiger partial charge in [0.2, 0.25) is 5.91 Å². The van der Waals surface area contributed by atoms with Gasteiger partial charge in [-0.2, -0.15) is 0 Å². The van der Waals surface area contributed by atoms with Crippen LogP contribution in [0.25, 0.3) is 0 Å². The second-order valence-electron chi connectivity index (χ2n) is 3.64. The number of rotatable bonds is 1. The third kappa shape index (κ3) is 1.62. The number of nitrogens with one attached hydrogen (secondary N) is 1. The first-order valence-electron chi connectivity index (χ1n) is 4.73. The van der Waals surface area contributed by atoms with Crippen LogP contribution in [-0.4, -0.2) is 5.91 Å². The molecule has 0 aliphatic carbocycles. The maximum Gasteiger partial charge on any atom is 0.220 e. The van der Waals surface area contributed by atoms with Gasteiger partial charge in [0, 0.05) is 11.4 Å². The van der Waals surface area contributed by atoms with E-state index in [4.69, 9.17) is 11.6 Å². The van der Waals surface area contributed by atoms with Gasteiger partial charge in [0.25, 0.3) is 0 Å². The summed E-state index contributed by atoms with van der Waals surface area (Å²) in [5.41, 5.74) is 2.10. The van der Waals surface area contributed by atoms with Gasteiger partial charge in [0.05, 0.1) is 6.04 Å². The number of benzene rings is 1. The Kier molecular flexibility index (Phi) is 2.46. The minimum atomic E-state index is 0.106. The molecule has 0 radical (unpaired) electrons. The molecule has 0 spiro atoms. The molecule has 0 unspecified atom stereocenters. The number of amides is 1. The lowest BCUT2D eigenvalue weighted by Crippen LogP contribution is -2.18. The summed E-state index contributed by atoms with van der Waals surface area (Å²) in [5, 5.41) is 3.69. The summed E-state index contributed by atoms with van der Waals surface area (Å²) >= 11 is 6.17. The third-order valence-corrected chi connectivity index (χ3v) is 3.11. The topological polar surface area (TPSA) is 29.1 Å². The third-order valence-electron chi connectivity index (χ3n) is 2.59. The van der Waals surface area contributed by atoms with Crippen LogP contribution in [0.1, 0.15) is 30.0 Å². The molecule has 1 N–H and O–H groups in total. The number of aryl methyl sites for hydroxylation is 1. The molecule has 2 rings (SSSR count). The largest absolute Gasteiger partial charge is 0.349 e. The van der Waals surface area contributed by atoms with Gasteiger partial charge in [0.1, 0.15) is 0 Å². The van der Waals surface area contributed by atoms with Gasteiger partial charge < -0.3 is 5.32 Å². The van der Waals surface area contributed by atoms with Gasteiger partial charge in [0.15, 0.2) is 0 Å². The average Bonchev–Trinajstić information content (AvgIpc) is 2.57. The summed E-state index contributed by atoms with van der Waals surface area (Å²) in [4.78, 5) is 11.1. The fourth-order valence-electron chi connectivity index (χ4n) is 1.79. The van der Waals surface area contributed by atoms with Crippen LogP contribution < -0.4 is 5.32 Å². The molecule has 0 bridgehead atoms. The monoisotopic (exact) mass is 209 g/mol. The Balaban J connectivity index is 2.32. The highest BCUT2D eigenvalue weighted by Gasteiger charge is 2.24. The Labute approximate surface area is 88.3 Å². The first-order chi connectivity index (χ1) is 6.68. The first kappa shape index (κ1) is 9.53. The van der Waals surface area contributed by atoms with E-state index in [0.29, 0.717) is 6.42 Å². The zero-order chi connectivity index (χ0) is 10.1. The van der Waals surface area contributed by atoms with E-state index >= 15 is 0 Å². The van der Waals surface area contributed by atoms with Crippen molar-refractivity contribution in [3.05, 3.63) is 34.3 Å². The molecule has 2 nitrogen and oxygen atoms in total. The number of hydrogen-bond acceptors (Lipinski definition) is 1. The van der Waals surface area contributed by atoms with Crippen LogP contribution in [-0.2, 0) is 4.79 Å². The van der Waals surface area contributed by atoms with Crippen LogP contribution in [0.3, 0.4) is 0 Å². The molecule has 1 amide bonds. The molecular formula is C11H12ClNO. The Bertz CT molecular complexity index is 376. The van der Waals surface area contributed by atoms with E-state index in [1.165, 1.54) is 0 Å². The molecule has 1 fully saturated rings. The molecule has 1 atom stereocenters. The predicted octanol–water partition coefficient (Wildman–Crippen LogP) is 2.60. The van der Waals surface area contributed by atoms with E-state index in [0.717, 1.165) is 22.6 Å². The van der Waals surface area contributed by atoms with E-state index in [-0.39, 0.29) is 11.9 Å². The summed E-state index contributed by atoms with van der Waals surface area (Å²) in [5.74, 6) is 0.118. The molecule has 0 saturated carbocycles. The molecule has 74 valence electrons. The molecule has 1 saturated heterocycles. The van der Waals surface area contributed by atoms with Crippen molar-refractivity contribution in [3.8, 4) is 0 Å². The zero-order valence-electron chi connectivity index (χ0n) is 8.01. The van der Waals surface area contributed by atoms with Gasteiger partial charge in [-0.3, -0.25) is 4.79 Å². The van der Waals surface area contributed by atoms with E-state index in [1.54, 1.807) is 0 Å². The van der Waals surface area contributed by atoms with Gasteiger partial charge in [-0.1, -0.05) is 29.8 Å². The van der Waals surface area contributed by atoms with Crippen molar-refractivity contribution >= 4 is 17.5 Å². The summed E-state index contributed by atoms with van der Waals surface area (Å²) < 4.78 is 0. The minimum Gasteiger partial charge on any atom is -0.349 e. The molecule has 1 aliphatic rings. The summed E-state index contributed by atoms with van der Waals surface area (Å²) in [6, 6.07) is 6.03. The fraction of sp³-hybridized carbons (Fsp3) is 0.364. The van der Waals surface area contributed by atoms with Crippen LogP contribution in [0.5, 0.6) is 0 Å². The Morgan fingerprint density at radius 1 is 1.50 bits per heavy atom. The molecule has 14 heavy (non-hydrogen) atoms. The zero-order valence-corrected chi connectivity index (χ0v) is 8.77. The SMILES string of the molecule is Cc1cccc([C@H]2CCC(=O)N2)c1Cl. The predicted molar refractivity (Wildman–Crippen MR) is 56.3 cm³/mol. The number of carbonyl (C=O) groups is 1. The average molecular weight is 210 g/mol. The standard InChI is InChI=1S/C11H12ClNO/c1-7-3-2-4-8(11(7)12)9-5-6-10(14)13-9/h2-4,9H,5-6H2,1H3,(H,13,14)/t9-/m1/s1. The summed E-state index contributed by atoms with van der Waals surface area (Å²) in [6.45, 7) is 1.97. The summed E-state index contributed by atoms with van der Waals surface area (Å²) in [6.07, 6.45) is 1.46. The Morgan fingerprint density at radius 3 is 2.93 bits per heavy atom. The number of carbonyl (C=O) groups excluding carboxylic acids is 1. The Morgan fingerprint density at radius 2 is 2.29 bits per heavy atom. The highest BCUT2D eigenvalue weighted by molar-refractivity contribution is 6.32. The Hall–Kier alpha value is -1.02. The maximum absolute atomic E-state index is 11.1. The van der Waals surface area contributed by atoms with Crippen molar-refractivity contribution in [2.24, 2.45) is 0 Å². The van der Waals surface area contributed by atoms with Crippen molar-refractivity contribution in [2.75, 3.05) is 0 Å². The second-order valence-corrected chi connectivity index (χ2v) is 4.01. The highest BCUT2D eigenvalue weighted by Crippen LogP contribution is 2.31.